The summed E-state index contributed by atoms with van der Waals surface area (Å²) in [6.45, 7) is 7.13. The maximum absolute atomic E-state index is 12.5. The van der Waals surface area contributed by atoms with Gasteiger partial charge in [-0.05, 0) is 55.7 Å². The van der Waals surface area contributed by atoms with Crippen molar-refractivity contribution in [3.8, 4) is 5.75 Å². The summed E-state index contributed by atoms with van der Waals surface area (Å²) in [4.78, 5) is 16.5. The van der Waals surface area contributed by atoms with Crippen LogP contribution in [0.25, 0.3) is 0 Å². The van der Waals surface area contributed by atoms with Gasteiger partial charge in [-0.25, -0.2) is 9.78 Å². The summed E-state index contributed by atoms with van der Waals surface area (Å²) in [6, 6.07) is 1.70. The Hall–Kier alpha value is -0.850. The fourth-order valence-electron chi connectivity index (χ4n) is 2.25. The Morgan fingerprint density at radius 2 is 2.27 bits per heavy atom. The van der Waals surface area contributed by atoms with Gasteiger partial charge in [0.1, 0.15) is 16.5 Å². The van der Waals surface area contributed by atoms with Crippen molar-refractivity contribution in [1.29, 1.82) is 0 Å². The van der Waals surface area contributed by atoms with Crippen LogP contribution in [0.5, 0.6) is 5.75 Å². The molecule has 1 saturated heterocycles. The second-order valence-electron chi connectivity index (χ2n) is 6.27. The summed E-state index contributed by atoms with van der Waals surface area (Å²) in [5, 5.41) is 3.59. The van der Waals surface area contributed by atoms with E-state index in [0.29, 0.717) is 15.4 Å². The first-order valence-electron chi connectivity index (χ1n) is 7.17. The Balaban J connectivity index is 2.16. The van der Waals surface area contributed by atoms with E-state index in [1.807, 2.05) is 20.8 Å². The number of hydrogen-bond acceptors (Lipinski definition) is 5. The van der Waals surface area contributed by atoms with Gasteiger partial charge in [0.25, 0.3) is 0 Å². The van der Waals surface area contributed by atoms with Crippen LogP contribution in [0.2, 0.25) is 5.15 Å². The Morgan fingerprint density at radius 1 is 1.55 bits per heavy atom. The molecule has 0 aromatic carbocycles. The van der Waals surface area contributed by atoms with E-state index in [4.69, 9.17) is 21.1 Å². The molecule has 7 heteroatoms. The average molecular weight is 392 g/mol. The van der Waals surface area contributed by atoms with Crippen LogP contribution in [-0.2, 0) is 9.53 Å². The molecule has 0 amide bonds. The molecule has 0 bridgehead atoms. The number of nitrogens with one attached hydrogen (secondary N) is 1. The molecule has 2 heterocycles. The second kappa shape index (κ2) is 7.15. The first-order chi connectivity index (χ1) is 10.3. The van der Waals surface area contributed by atoms with Gasteiger partial charge >= 0.3 is 5.97 Å². The number of pyridine rings is 1. The Bertz CT molecular complexity index is 542. The molecule has 1 aliphatic heterocycles. The van der Waals surface area contributed by atoms with E-state index in [2.05, 4.69) is 26.2 Å². The molecule has 0 radical (unpaired) electrons. The second-order valence-corrected chi connectivity index (χ2v) is 7.48. The average Bonchev–Trinajstić information content (AvgIpc) is 2.91. The summed E-state index contributed by atoms with van der Waals surface area (Å²) in [5.74, 6) is 0.204. The predicted octanol–water partition coefficient (Wildman–Crippen LogP) is 3.20. The first kappa shape index (κ1) is 17.5. The standard InChI is InChI=1S/C15H20BrClN2O3/c1-15(2,3)22-14(20)12(9-4-5-18-7-9)21-10-6-11(16)13(17)19-8-10/h6,8-9,12,18H,4-5,7H2,1-3H3/t9-,12?/m0/s1. The van der Waals surface area contributed by atoms with Gasteiger partial charge < -0.3 is 14.8 Å². The van der Waals surface area contributed by atoms with Gasteiger partial charge in [-0.2, -0.15) is 0 Å². The SMILES string of the molecule is CC(C)(C)OC(=O)C(Oc1cnc(Cl)c(Br)c1)[C@H]1CCNC1. The van der Waals surface area contributed by atoms with Crippen LogP contribution in [0.4, 0.5) is 0 Å². The fourth-order valence-corrected chi connectivity index (χ4v) is 2.68. The molecule has 2 atom stereocenters. The molecule has 0 aliphatic carbocycles. The van der Waals surface area contributed by atoms with Crippen LogP contribution < -0.4 is 10.1 Å². The summed E-state index contributed by atoms with van der Waals surface area (Å²) in [6.07, 6.45) is 1.71. The normalized spacial score (nSPS) is 19.8. The van der Waals surface area contributed by atoms with Gasteiger partial charge in [-0.3, -0.25) is 0 Å². The lowest BCUT2D eigenvalue weighted by molar-refractivity contribution is -0.165. The molecule has 1 aliphatic rings. The van der Waals surface area contributed by atoms with Crippen molar-refractivity contribution in [2.45, 2.75) is 38.9 Å². The molecule has 5 nitrogen and oxygen atoms in total. The van der Waals surface area contributed by atoms with E-state index < -0.39 is 11.7 Å². The maximum atomic E-state index is 12.5. The topological polar surface area (TPSA) is 60.5 Å². The molecule has 0 spiro atoms. The largest absolute Gasteiger partial charge is 0.477 e. The number of carbonyl (C=O) groups is 1. The molecular weight excluding hydrogens is 372 g/mol. The lowest BCUT2D eigenvalue weighted by Crippen LogP contribution is -2.41. The molecule has 1 fully saturated rings. The van der Waals surface area contributed by atoms with Gasteiger partial charge in [0.2, 0.25) is 0 Å². The van der Waals surface area contributed by atoms with Crippen molar-refractivity contribution in [3.05, 3.63) is 21.9 Å². The van der Waals surface area contributed by atoms with E-state index >= 15 is 0 Å². The highest BCUT2D eigenvalue weighted by Gasteiger charge is 2.36. The van der Waals surface area contributed by atoms with Crippen molar-refractivity contribution in [2.24, 2.45) is 5.92 Å². The lowest BCUT2D eigenvalue weighted by atomic mass is 10.0. The summed E-state index contributed by atoms with van der Waals surface area (Å²) in [5.41, 5.74) is -0.552. The number of nitrogens with zero attached hydrogens (tertiary/aromatic N) is 1. The van der Waals surface area contributed by atoms with Crippen LogP contribution >= 0.6 is 27.5 Å². The highest BCUT2D eigenvalue weighted by Crippen LogP contribution is 2.27. The van der Waals surface area contributed by atoms with Crippen molar-refractivity contribution < 1.29 is 14.3 Å². The molecule has 1 aromatic rings. The van der Waals surface area contributed by atoms with Crippen LogP contribution in [-0.4, -0.2) is 35.7 Å². The maximum Gasteiger partial charge on any atom is 0.348 e. The Labute approximate surface area is 143 Å². The minimum atomic E-state index is -0.663. The zero-order chi connectivity index (χ0) is 16.3. The number of halogens is 2. The van der Waals surface area contributed by atoms with Crippen molar-refractivity contribution in [1.82, 2.24) is 10.3 Å². The van der Waals surface area contributed by atoms with Gasteiger partial charge in [0, 0.05) is 12.5 Å². The van der Waals surface area contributed by atoms with E-state index in [0.717, 1.165) is 19.5 Å². The quantitative estimate of drug-likeness (QED) is 0.631. The molecule has 122 valence electrons. The van der Waals surface area contributed by atoms with Crippen molar-refractivity contribution in [2.75, 3.05) is 13.1 Å². The van der Waals surface area contributed by atoms with Gasteiger partial charge in [0.05, 0.1) is 10.7 Å². The fraction of sp³-hybridized carbons (Fsp3) is 0.600. The van der Waals surface area contributed by atoms with E-state index in [1.54, 1.807) is 6.07 Å². The van der Waals surface area contributed by atoms with E-state index in [1.165, 1.54) is 6.20 Å². The summed E-state index contributed by atoms with van der Waals surface area (Å²) >= 11 is 9.18. The minimum Gasteiger partial charge on any atom is -0.477 e. The summed E-state index contributed by atoms with van der Waals surface area (Å²) < 4.78 is 12.0. The molecule has 1 unspecified atom stereocenters. The number of hydrogen-bond donors (Lipinski definition) is 1. The zero-order valence-electron chi connectivity index (χ0n) is 12.9. The number of aromatic nitrogens is 1. The monoisotopic (exact) mass is 390 g/mol. The van der Waals surface area contributed by atoms with Gasteiger partial charge in [-0.1, -0.05) is 11.6 Å². The molecule has 1 N–H and O–H groups in total. The number of rotatable bonds is 4. The van der Waals surface area contributed by atoms with Crippen LogP contribution in [0, 0.1) is 5.92 Å². The van der Waals surface area contributed by atoms with Crippen molar-refractivity contribution >= 4 is 33.5 Å². The number of carbonyl (C=O) groups excluding carboxylic acids is 1. The third-order valence-electron chi connectivity index (χ3n) is 3.20. The Kier molecular flexibility index (Phi) is 5.69. The molecule has 22 heavy (non-hydrogen) atoms. The van der Waals surface area contributed by atoms with E-state index in [-0.39, 0.29) is 11.9 Å². The van der Waals surface area contributed by atoms with Crippen LogP contribution in [0.15, 0.2) is 16.7 Å². The highest BCUT2D eigenvalue weighted by atomic mass is 79.9. The number of ether oxygens (including phenoxy) is 2. The van der Waals surface area contributed by atoms with Crippen molar-refractivity contribution in [3.63, 3.8) is 0 Å². The minimum absolute atomic E-state index is 0.0734. The number of esters is 1. The molecule has 0 saturated carbocycles. The first-order valence-corrected chi connectivity index (χ1v) is 8.34. The smallest absolute Gasteiger partial charge is 0.348 e. The predicted molar refractivity (Wildman–Crippen MR) is 88.2 cm³/mol. The van der Waals surface area contributed by atoms with Gasteiger partial charge in [-0.15, -0.1) is 0 Å². The third kappa shape index (κ3) is 4.83. The van der Waals surface area contributed by atoms with Crippen LogP contribution in [0.3, 0.4) is 0 Å². The lowest BCUT2D eigenvalue weighted by Gasteiger charge is -2.27. The molecule has 1 aromatic heterocycles. The third-order valence-corrected chi connectivity index (χ3v) is 4.33. The molecular formula is C15H20BrClN2O3. The highest BCUT2D eigenvalue weighted by molar-refractivity contribution is 9.10. The van der Waals surface area contributed by atoms with Crippen LogP contribution in [0.1, 0.15) is 27.2 Å². The Morgan fingerprint density at radius 3 is 2.82 bits per heavy atom. The molecule has 2 rings (SSSR count). The van der Waals surface area contributed by atoms with E-state index in [9.17, 15) is 4.79 Å². The summed E-state index contributed by atoms with van der Waals surface area (Å²) in [7, 11) is 0. The zero-order valence-corrected chi connectivity index (χ0v) is 15.2. The van der Waals surface area contributed by atoms with Gasteiger partial charge in [0.15, 0.2) is 6.10 Å².